The van der Waals surface area contributed by atoms with Crippen LogP contribution in [0.1, 0.15) is 18.9 Å². The van der Waals surface area contributed by atoms with E-state index in [1.807, 2.05) is 31.0 Å². The molecule has 6 heteroatoms. The predicted octanol–water partition coefficient (Wildman–Crippen LogP) is 3.25. The summed E-state index contributed by atoms with van der Waals surface area (Å²) in [7, 11) is 1.95. The standard InChI is InChI=1S/C15H19BrN4O/c1-3-7-21-15-13(17)14(18-10-19-15)20(2)9-11-5-4-6-12(16)8-11/h4-6,8,10H,3,7,9,17H2,1-2H3. The zero-order valence-corrected chi connectivity index (χ0v) is 13.8. The molecule has 0 saturated carbocycles. The van der Waals surface area contributed by atoms with Crippen molar-refractivity contribution in [1.82, 2.24) is 9.97 Å². The normalized spacial score (nSPS) is 10.4. The molecular formula is C15H19BrN4O. The quantitative estimate of drug-likeness (QED) is 0.866. The molecule has 2 aromatic rings. The fourth-order valence-corrected chi connectivity index (χ4v) is 2.42. The Bertz CT molecular complexity index is 606. The maximum atomic E-state index is 6.11. The summed E-state index contributed by atoms with van der Waals surface area (Å²) in [6, 6.07) is 8.14. The summed E-state index contributed by atoms with van der Waals surface area (Å²) in [5.41, 5.74) is 7.75. The van der Waals surface area contributed by atoms with E-state index in [-0.39, 0.29) is 0 Å². The summed E-state index contributed by atoms with van der Waals surface area (Å²) in [5, 5.41) is 0. The number of hydrogen-bond acceptors (Lipinski definition) is 5. The summed E-state index contributed by atoms with van der Waals surface area (Å²) in [6.07, 6.45) is 2.39. The highest BCUT2D eigenvalue weighted by Crippen LogP contribution is 2.28. The van der Waals surface area contributed by atoms with Crippen LogP contribution in [-0.2, 0) is 6.54 Å². The molecule has 0 atom stereocenters. The van der Waals surface area contributed by atoms with Crippen LogP contribution in [-0.4, -0.2) is 23.6 Å². The van der Waals surface area contributed by atoms with Crippen molar-refractivity contribution >= 4 is 27.4 Å². The van der Waals surface area contributed by atoms with Gasteiger partial charge in [0.2, 0.25) is 5.88 Å². The van der Waals surface area contributed by atoms with Crippen LogP contribution in [0.3, 0.4) is 0 Å². The lowest BCUT2D eigenvalue weighted by Gasteiger charge is -2.20. The molecule has 0 bridgehead atoms. The van der Waals surface area contributed by atoms with E-state index in [0.29, 0.717) is 30.5 Å². The van der Waals surface area contributed by atoms with Crippen LogP contribution in [0.25, 0.3) is 0 Å². The number of ether oxygens (including phenoxy) is 1. The topological polar surface area (TPSA) is 64.3 Å². The number of nitrogens with two attached hydrogens (primary N) is 1. The van der Waals surface area contributed by atoms with Crippen LogP contribution >= 0.6 is 15.9 Å². The van der Waals surface area contributed by atoms with Gasteiger partial charge in [0.15, 0.2) is 5.82 Å². The van der Waals surface area contributed by atoms with Gasteiger partial charge in [-0.05, 0) is 24.1 Å². The minimum Gasteiger partial charge on any atom is -0.476 e. The summed E-state index contributed by atoms with van der Waals surface area (Å²) in [5.74, 6) is 1.12. The number of aromatic nitrogens is 2. The Morgan fingerprint density at radius 1 is 1.33 bits per heavy atom. The first-order chi connectivity index (χ1) is 10.1. The SMILES string of the molecule is CCCOc1ncnc(N(C)Cc2cccc(Br)c2)c1N. The van der Waals surface area contributed by atoms with E-state index in [9.17, 15) is 0 Å². The molecule has 0 amide bonds. The molecule has 21 heavy (non-hydrogen) atoms. The number of rotatable bonds is 6. The van der Waals surface area contributed by atoms with Crippen molar-refractivity contribution in [2.24, 2.45) is 0 Å². The maximum absolute atomic E-state index is 6.11. The second kappa shape index (κ2) is 7.26. The van der Waals surface area contributed by atoms with Gasteiger partial charge in [-0.1, -0.05) is 35.0 Å². The van der Waals surface area contributed by atoms with Crippen molar-refractivity contribution in [3.8, 4) is 5.88 Å². The molecule has 112 valence electrons. The number of halogens is 1. The molecule has 0 aliphatic heterocycles. The Morgan fingerprint density at radius 3 is 2.86 bits per heavy atom. The van der Waals surface area contributed by atoms with E-state index in [2.05, 4.69) is 38.0 Å². The number of benzene rings is 1. The highest BCUT2D eigenvalue weighted by atomic mass is 79.9. The molecule has 2 rings (SSSR count). The molecule has 1 heterocycles. The monoisotopic (exact) mass is 350 g/mol. The average molecular weight is 351 g/mol. The van der Waals surface area contributed by atoms with E-state index < -0.39 is 0 Å². The lowest BCUT2D eigenvalue weighted by atomic mass is 10.2. The fourth-order valence-electron chi connectivity index (χ4n) is 1.97. The Morgan fingerprint density at radius 2 is 2.14 bits per heavy atom. The predicted molar refractivity (Wildman–Crippen MR) is 88.5 cm³/mol. The summed E-state index contributed by atoms with van der Waals surface area (Å²) < 4.78 is 6.59. The van der Waals surface area contributed by atoms with Crippen LogP contribution in [0.2, 0.25) is 0 Å². The van der Waals surface area contributed by atoms with Crippen LogP contribution in [0.15, 0.2) is 35.1 Å². The van der Waals surface area contributed by atoms with E-state index in [0.717, 1.165) is 10.9 Å². The molecule has 0 radical (unpaired) electrons. The molecule has 0 saturated heterocycles. The molecule has 0 spiro atoms. The van der Waals surface area contributed by atoms with Gasteiger partial charge in [-0.25, -0.2) is 4.98 Å². The minimum absolute atomic E-state index is 0.447. The molecule has 0 fully saturated rings. The molecule has 2 N–H and O–H groups in total. The summed E-state index contributed by atoms with van der Waals surface area (Å²) in [6.45, 7) is 3.33. The van der Waals surface area contributed by atoms with Crippen molar-refractivity contribution < 1.29 is 4.74 Å². The van der Waals surface area contributed by atoms with Crippen LogP contribution in [0.5, 0.6) is 5.88 Å². The van der Waals surface area contributed by atoms with Gasteiger partial charge in [0.05, 0.1) is 6.61 Å². The first kappa shape index (κ1) is 15.6. The Labute approximate surface area is 133 Å². The van der Waals surface area contributed by atoms with Gasteiger partial charge in [0, 0.05) is 18.1 Å². The van der Waals surface area contributed by atoms with Crippen molar-refractivity contribution in [1.29, 1.82) is 0 Å². The van der Waals surface area contributed by atoms with Crippen LogP contribution in [0.4, 0.5) is 11.5 Å². The largest absolute Gasteiger partial charge is 0.476 e. The van der Waals surface area contributed by atoms with E-state index in [4.69, 9.17) is 10.5 Å². The van der Waals surface area contributed by atoms with Crippen molar-refractivity contribution in [2.45, 2.75) is 19.9 Å². The minimum atomic E-state index is 0.447. The molecule has 5 nitrogen and oxygen atoms in total. The molecule has 1 aromatic carbocycles. The third kappa shape index (κ3) is 4.07. The number of nitrogens with zero attached hydrogens (tertiary/aromatic N) is 3. The van der Waals surface area contributed by atoms with Crippen molar-refractivity contribution in [2.75, 3.05) is 24.3 Å². The second-order valence-electron chi connectivity index (χ2n) is 4.75. The number of anilines is 2. The van der Waals surface area contributed by atoms with Gasteiger partial charge in [-0.15, -0.1) is 0 Å². The number of hydrogen-bond donors (Lipinski definition) is 1. The van der Waals surface area contributed by atoms with Gasteiger partial charge < -0.3 is 15.4 Å². The lowest BCUT2D eigenvalue weighted by Crippen LogP contribution is -2.20. The van der Waals surface area contributed by atoms with Gasteiger partial charge in [-0.3, -0.25) is 0 Å². The van der Waals surface area contributed by atoms with Crippen molar-refractivity contribution in [3.63, 3.8) is 0 Å². The van der Waals surface area contributed by atoms with Gasteiger partial charge in [0.1, 0.15) is 12.0 Å². The number of nitrogen functional groups attached to an aromatic ring is 1. The van der Waals surface area contributed by atoms with E-state index in [1.165, 1.54) is 11.9 Å². The van der Waals surface area contributed by atoms with E-state index in [1.54, 1.807) is 0 Å². The summed E-state index contributed by atoms with van der Waals surface area (Å²) >= 11 is 3.47. The Hall–Kier alpha value is -1.82. The van der Waals surface area contributed by atoms with Crippen LogP contribution in [0, 0.1) is 0 Å². The van der Waals surface area contributed by atoms with Crippen molar-refractivity contribution in [3.05, 3.63) is 40.6 Å². The van der Waals surface area contributed by atoms with Gasteiger partial charge in [0.25, 0.3) is 0 Å². The molecule has 0 aliphatic carbocycles. The average Bonchev–Trinajstić information content (AvgIpc) is 2.46. The van der Waals surface area contributed by atoms with Crippen LogP contribution < -0.4 is 15.4 Å². The highest BCUT2D eigenvalue weighted by molar-refractivity contribution is 9.10. The third-order valence-electron chi connectivity index (χ3n) is 2.94. The fraction of sp³-hybridized carbons (Fsp3) is 0.333. The maximum Gasteiger partial charge on any atom is 0.242 e. The van der Waals surface area contributed by atoms with E-state index >= 15 is 0 Å². The molecule has 0 unspecified atom stereocenters. The summed E-state index contributed by atoms with van der Waals surface area (Å²) in [4.78, 5) is 10.3. The Balaban J connectivity index is 2.17. The first-order valence-corrected chi connectivity index (χ1v) is 7.60. The third-order valence-corrected chi connectivity index (χ3v) is 3.43. The second-order valence-corrected chi connectivity index (χ2v) is 5.67. The highest BCUT2D eigenvalue weighted by Gasteiger charge is 2.13. The zero-order chi connectivity index (χ0) is 15.2. The molecular weight excluding hydrogens is 332 g/mol. The lowest BCUT2D eigenvalue weighted by molar-refractivity contribution is 0.306. The molecule has 1 aromatic heterocycles. The smallest absolute Gasteiger partial charge is 0.242 e. The van der Waals surface area contributed by atoms with Gasteiger partial charge in [-0.2, -0.15) is 4.98 Å². The Kier molecular flexibility index (Phi) is 5.38. The molecule has 0 aliphatic rings. The van der Waals surface area contributed by atoms with Gasteiger partial charge >= 0.3 is 0 Å². The zero-order valence-electron chi connectivity index (χ0n) is 12.2. The first-order valence-electron chi connectivity index (χ1n) is 6.80.